The molecule has 1 aliphatic rings. The Morgan fingerprint density at radius 3 is 2.38 bits per heavy atom. The highest BCUT2D eigenvalue weighted by Gasteiger charge is 2.30. The molecule has 0 aromatic heterocycles. The molecular formula is C14H29NO. The molecule has 0 bridgehead atoms. The van der Waals surface area contributed by atoms with Gasteiger partial charge in [0.25, 0.3) is 0 Å². The van der Waals surface area contributed by atoms with Crippen LogP contribution in [0.15, 0.2) is 0 Å². The molecule has 1 saturated carbocycles. The van der Waals surface area contributed by atoms with Crippen LogP contribution in [0.4, 0.5) is 0 Å². The third-order valence-electron chi connectivity index (χ3n) is 3.81. The Hall–Kier alpha value is -0.0800. The second-order valence-corrected chi connectivity index (χ2v) is 5.09. The van der Waals surface area contributed by atoms with Crippen LogP contribution in [-0.4, -0.2) is 25.8 Å². The van der Waals surface area contributed by atoms with Crippen molar-refractivity contribution < 1.29 is 4.74 Å². The van der Waals surface area contributed by atoms with E-state index in [1.54, 1.807) is 0 Å². The minimum absolute atomic E-state index is 0.416. The summed E-state index contributed by atoms with van der Waals surface area (Å²) >= 11 is 0. The number of ether oxygens (including phenoxy) is 1. The number of rotatable bonds is 8. The summed E-state index contributed by atoms with van der Waals surface area (Å²) in [7, 11) is 1.87. The first kappa shape index (κ1) is 14.0. The minimum atomic E-state index is 0.416. The molecule has 2 nitrogen and oxygen atoms in total. The van der Waals surface area contributed by atoms with Gasteiger partial charge in [-0.25, -0.2) is 0 Å². The molecule has 0 amide bonds. The summed E-state index contributed by atoms with van der Waals surface area (Å²) in [6.07, 6.45) is 9.65. The standard InChI is InChI=1S/C14H29NO/c1-4-8-13(16-3)14(15-11-5-2)12-9-6-7-10-12/h12-15H,4-11H2,1-3H3. The van der Waals surface area contributed by atoms with Crippen molar-refractivity contribution in [3.8, 4) is 0 Å². The molecule has 1 N–H and O–H groups in total. The molecule has 0 saturated heterocycles. The zero-order valence-electron chi connectivity index (χ0n) is 11.3. The summed E-state index contributed by atoms with van der Waals surface area (Å²) in [5, 5.41) is 3.72. The van der Waals surface area contributed by atoms with E-state index in [1.807, 2.05) is 7.11 Å². The third kappa shape index (κ3) is 4.06. The Bertz CT molecular complexity index is 166. The van der Waals surface area contributed by atoms with Crippen LogP contribution < -0.4 is 5.32 Å². The van der Waals surface area contributed by atoms with Gasteiger partial charge in [0.1, 0.15) is 0 Å². The first-order valence-electron chi connectivity index (χ1n) is 7.09. The van der Waals surface area contributed by atoms with Crippen molar-refractivity contribution in [3.63, 3.8) is 0 Å². The van der Waals surface area contributed by atoms with E-state index in [0.29, 0.717) is 12.1 Å². The second-order valence-electron chi connectivity index (χ2n) is 5.09. The molecule has 0 spiro atoms. The summed E-state index contributed by atoms with van der Waals surface area (Å²) in [6.45, 7) is 5.61. The van der Waals surface area contributed by atoms with Gasteiger partial charge in [0.15, 0.2) is 0 Å². The lowest BCUT2D eigenvalue weighted by atomic mass is 9.91. The largest absolute Gasteiger partial charge is 0.380 e. The molecule has 0 radical (unpaired) electrons. The van der Waals surface area contributed by atoms with Gasteiger partial charge >= 0.3 is 0 Å². The van der Waals surface area contributed by atoms with Crippen LogP contribution >= 0.6 is 0 Å². The highest BCUT2D eigenvalue weighted by Crippen LogP contribution is 2.30. The maximum Gasteiger partial charge on any atom is 0.0726 e. The average molecular weight is 227 g/mol. The SMILES string of the molecule is CCCNC(C1CCCC1)C(CCC)OC. The monoisotopic (exact) mass is 227 g/mol. The van der Waals surface area contributed by atoms with Crippen molar-refractivity contribution in [1.29, 1.82) is 0 Å². The van der Waals surface area contributed by atoms with Crippen molar-refractivity contribution in [2.24, 2.45) is 5.92 Å². The Labute approximate surface area is 101 Å². The summed E-state index contributed by atoms with van der Waals surface area (Å²) in [5.74, 6) is 0.850. The zero-order chi connectivity index (χ0) is 11.8. The lowest BCUT2D eigenvalue weighted by Gasteiger charge is -2.31. The molecule has 0 aromatic carbocycles. The topological polar surface area (TPSA) is 21.3 Å². The Kier molecular flexibility index (Phi) is 7.06. The summed E-state index contributed by atoms with van der Waals surface area (Å²) in [4.78, 5) is 0. The maximum atomic E-state index is 5.70. The molecule has 0 aromatic rings. The average Bonchev–Trinajstić information content (AvgIpc) is 2.81. The van der Waals surface area contributed by atoms with E-state index in [2.05, 4.69) is 19.2 Å². The highest BCUT2D eigenvalue weighted by atomic mass is 16.5. The van der Waals surface area contributed by atoms with Gasteiger partial charge in [-0.05, 0) is 38.1 Å². The molecule has 96 valence electrons. The van der Waals surface area contributed by atoms with E-state index in [9.17, 15) is 0 Å². The number of methoxy groups -OCH3 is 1. The van der Waals surface area contributed by atoms with E-state index in [1.165, 1.54) is 44.9 Å². The zero-order valence-corrected chi connectivity index (χ0v) is 11.3. The summed E-state index contributed by atoms with van der Waals surface area (Å²) < 4.78 is 5.70. The van der Waals surface area contributed by atoms with Gasteiger partial charge in [-0.1, -0.05) is 33.1 Å². The van der Waals surface area contributed by atoms with Crippen LogP contribution in [0.1, 0.15) is 58.8 Å². The van der Waals surface area contributed by atoms with Crippen LogP contribution in [-0.2, 0) is 4.74 Å². The van der Waals surface area contributed by atoms with E-state index in [-0.39, 0.29) is 0 Å². The van der Waals surface area contributed by atoms with Gasteiger partial charge in [-0.2, -0.15) is 0 Å². The summed E-state index contributed by atoms with van der Waals surface area (Å²) in [5.41, 5.74) is 0. The Balaban J connectivity index is 2.52. The fourth-order valence-corrected chi connectivity index (χ4v) is 2.96. The third-order valence-corrected chi connectivity index (χ3v) is 3.81. The van der Waals surface area contributed by atoms with Gasteiger partial charge in [-0.3, -0.25) is 0 Å². The molecule has 2 atom stereocenters. The van der Waals surface area contributed by atoms with Crippen LogP contribution in [0.25, 0.3) is 0 Å². The molecule has 0 aliphatic heterocycles. The lowest BCUT2D eigenvalue weighted by Crippen LogP contribution is -2.46. The van der Waals surface area contributed by atoms with E-state index >= 15 is 0 Å². The first-order valence-corrected chi connectivity index (χ1v) is 7.09. The molecule has 0 heterocycles. The molecule has 1 fully saturated rings. The van der Waals surface area contributed by atoms with Crippen LogP contribution in [0.5, 0.6) is 0 Å². The smallest absolute Gasteiger partial charge is 0.0726 e. The van der Waals surface area contributed by atoms with Crippen LogP contribution in [0.3, 0.4) is 0 Å². The fraction of sp³-hybridized carbons (Fsp3) is 1.00. The fourth-order valence-electron chi connectivity index (χ4n) is 2.96. The first-order chi connectivity index (χ1) is 7.83. The predicted octanol–water partition coefficient (Wildman–Crippen LogP) is 3.36. The van der Waals surface area contributed by atoms with Crippen molar-refractivity contribution >= 4 is 0 Å². The second kappa shape index (κ2) is 8.08. The van der Waals surface area contributed by atoms with Crippen molar-refractivity contribution in [2.45, 2.75) is 70.9 Å². The molecule has 2 unspecified atom stereocenters. The van der Waals surface area contributed by atoms with Crippen molar-refractivity contribution in [1.82, 2.24) is 5.32 Å². The normalized spacial score (nSPS) is 21.2. The molecule has 2 heteroatoms. The van der Waals surface area contributed by atoms with Crippen molar-refractivity contribution in [2.75, 3.05) is 13.7 Å². The van der Waals surface area contributed by atoms with Crippen molar-refractivity contribution in [3.05, 3.63) is 0 Å². The maximum absolute atomic E-state index is 5.70. The predicted molar refractivity (Wildman–Crippen MR) is 69.7 cm³/mol. The number of nitrogens with one attached hydrogen (secondary N) is 1. The Morgan fingerprint density at radius 1 is 1.19 bits per heavy atom. The molecule has 1 aliphatic carbocycles. The number of hydrogen-bond acceptors (Lipinski definition) is 2. The van der Waals surface area contributed by atoms with E-state index in [0.717, 1.165) is 12.5 Å². The Morgan fingerprint density at radius 2 is 1.88 bits per heavy atom. The van der Waals surface area contributed by atoms with Gasteiger partial charge in [0.2, 0.25) is 0 Å². The van der Waals surface area contributed by atoms with Crippen LogP contribution in [0.2, 0.25) is 0 Å². The lowest BCUT2D eigenvalue weighted by molar-refractivity contribution is 0.0413. The highest BCUT2D eigenvalue weighted by molar-refractivity contribution is 4.86. The van der Waals surface area contributed by atoms with Gasteiger partial charge in [0, 0.05) is 13.2 Å². The summed E-state index contributed by atoms with van der Waals surface area (Å²) in [6, 6.07) is 0.590. The minimum Gasteiger partial charge on any atom is -0.380 e. The molecule has 1 rings (SSSR count). The van der Waals surface area contributed by atoms with E-state index in [4.69, 9.17) is 4.74 Å². The van der Waals surface area contributed by atoms with Gasteiger partial charge in [-0.15, -0.1) is 0 Å². The van der Waals surface area contributed by atoms with Crippen LogP contribution in [0, 0.1) is 5.92 Å². The molecule has 16 heavy (non-hydrogen) atoms. The van der Waals surface area contributed by atoms with Gasteiger partial charge in [0.05, 0.1) is 6.10 Å². The molecular weight excluding hydrogens is 198 g/mol. The quantitative estimate of drug-likeness (QED) is 0.686. The number of hydrogen-bond donors (Lipinski definition) is 1. The van der Waals surface area contributed by atoms with E-state index < -0.39 is 0 Å². The van der Waals surface area contributed by atoms with Gasteiger partial charge < -0.3 is 10.1 Å².